The van der Waals surface area contributed by atoms with E-state index in [1.54, 1.807) is 6.07 Å². The van der Waals surface area contributed by atoms with Gasteiger partial charge in [0.05, 0.1) is 11.7 Å². The Balaban J connectivity index is 2.42. The first-order chi connectivity index (χ1) is 7.59. The predicted octanol–water partition coefficient (Wildman–Crippen LogP) is 3.27. The molecular weight excluding hydrogens is 244 g/mol. The van der Waals surface area contributed by atoms with Crippen LogP contribution in [0, 0.1) is 4.51 Å². The molecule has 1 unspecified atom stereocenters. The predicted molar refractivity (Wildman–Crippen MR) is 66.7 cm³/mol. The molecule has 0 spiro atoms. The van der Waals surface area contributed by atoms with E-state index in [1.807, 2.05) is 6.07 Å². The van der Waals surface area contributed by atoms with Crippen molar-refractivity contribution in [1.82, 2.24) is 9.63 Å². The van der Waals surface area contributed by atoms with E-state index < -0.39 is 0 Å². The molecule has 16 heavy (non-hydrogen) atoms. The van der Waals surface area contributed by atoms with Crippen LogP contribution in [-0.4, -0.2) is 28.4 Å². The van der Waals surface area contributed by atoms with Crippen LogP contribution in [0.4, 0.5) is 0 Å². The van der Waals surface area contributed by atoms with Gasteiger partial charge in [-0.1, -0.05) is 30.2 Å². The molecule has 1 aliphatic rings. The van der Waals surface area contributed by atoms with Crippen LogP contribution in [-0.2, 0) is 0 Å². The van der Waals surface area contributed by atoms with Gasteiger partial charge in [-0.05, 0) is 38.6 Å². The molecule has 2 rings (SSSR count). The highest BCUT2D eigenvalue weighted by molar-refractivity contribution is 7.71. The SMILES string of the molecule is CN1CCCCC1c1cc(=S)cc(Cl)n1O. The van der Waals surface area contributed by atoms with Crippen LogP contribution < -0.4 is 0 Å². The summed E-state index contributed by atoms with van der Waals surface area (Å²) < 4.78 is 1.72. The van der Waals surface area contributed by atoms with E-state index in [0.717, 1.165) is 23.4 Å². The second kappa shape index (κ2) is 4.73. The zero-order valence-electron chi connectivity index (χ0n) is 9.19. The molecule has 1 fully saturated rings. The normalized spacial score (nSPS) is 22.2. The van der Waals surface area contributed by atoms with Crippen molar-refractivity contribution in [2.24, 2.45) is 0 Å². The van der Waals surface area contributed by atoms with Gasteiger partial charge < -0.3 is 5.21 Å². The summed E-state index contributed by atoms with van der Waals surface area (Å²) >= 11 is 11.0. The molecule has 0 amide bonds. The van der Waals surface area contributed by atoms with Crippen LogP contribution in [0.2, 0.25) is 5.15 Å². The smallest absolute Gasteiger partial charge is 0.147 e. The van der Waals surface area contributed by atoms with Crippen LogP contribution in [0.15, 0.2) is 12.1 Å². The van der Waals surface area contributed by atoms with Gasteiger partial charge in [0, 0.05) is 4.51 Å². The van der Waals surface area contributed by atoms with Crippen molar-refractivity contribution in [2.75, 3.05) is 13.6 Å². The third-order valence-corrected chi connectivity index (χ3v) is 3.62. The van der Waals surface area contributed by atoms with E-state index in [-0.39, 0.29) is 11.2 Å². The fourth-order valence-electron chi connectivity index (χ4n) is 2.24. The van der Waals surface area contributed by atoms with Crippen LogP contribution >= 0.6 is 23.8 Å². The Morgan fingerprint density at radius 3 is 2.88 bits per heavy atom. The monoisotopic (exact) mass is 258 g/mol. The summed E-state index contributed by atoms with van der Waals surface area (Å²) in [6.07, 6.45) is 3.42. The molecule has 1 aromatic heterocycles. The first-order valence-corrected chi connectivity index (χ1v) is 6.20. The van der Waals surface area contributed by atoms with Crippen LogP contribution in [0.1, 0.15) is 31.0 Å². The van der Waals surface area contributed by atoms with E-state index in [1.165, 1.54) is 12.8 Å². The Kier molecular flexibility index (Phi) is 3.52. The van der Waals surface area contributed by atoms with Crippen molar-refractivity contribution in [1.29, 1.82) is 0 Å². The van der Waals surface area contributed by atoms with Gasteiger partial charge in [0.2, 0.25) is 0 Å². The molecule has 0 aromatic carbocycles. The Morgan fingerprint density at radius 1 is 1.44 bits per heavy atom. The third kappa shape index (κ3) is 2.24. The first-order valence-electron chi connectivity index (χ1n) is 5.41. The average Bonchev–Trinajstić information content (AvgIpc) is 2.24. The highest BCUT2D eigenvalue weighted by atomic mass is 35.5. The number of halogens is 1. The number of hydrogen-bond acceptors (Lipinski definition) is 3. The lowest BCUT2D eigenvalue weighted by Gasteiger charge is -2.33. The van der Waals surface area contributed by atoms with Gasteiger partial charge in [0.25, 0.3) is 0 Å². The molecule has 1 N–H and O–H groups in total. The molecule has 1 saturated heterocycles. The lowest BCUT2D eigenvalue weighted by atomic mass is 10.00. The molecular formula is C11H15ClN2OS. The van der Waals surface area contributed by atoms with Crippen molar-refractivity contribution in [2.45, 2.75) is 25.3 Å². The summed E-state index contributed by atoms with van der Waals surface area (Å²) in [5, 5.41) is 10.2. The molecule has 0 bridgehead atoms. The van der Waals surface area contributed by atoms with Gasteiger partial charge in [-0.25, -0.2) is 0 Å². The number of piperidine rings is 1. The highest BCUT2D eigenvalue weighted by Crippen LogP contribution is 2.30. The number of likely N-dealkylation sites (tertiary alicyclic amines) is 1. The highest BCUT2D eigenvalue weighted by Gasteiger charge is 2.23. The van der Waals surface area contributed by atoms with Gasteiger partial charge in [0.15, 0.2) is 0 Å². The summed E-state index contributed by atoms with van der Waals surface area (Å²) in [5.41, 5.74) is 0.791. The first kappa shape index (κ1) is 11.9. The van der Waals surface area contributed by atoms with E-state index in [4.69, 9.17) is 23.8 Å². The molecule has 1 atom stereocenters. The molecule has 88 valence electrons. The molecule has 3 nitrogen and oxygen atoms in total. The lowest BCUT2D eigenvalue weighted by molar-refractivity contribution is 0.124. The quantitative estimate of drug-likeness (QED) is 0.476. The van der Waals surface area contributed by atoms with E-state index in [9.17, 15) is 5.21 Å². The molecule has 5 heteroatoms. The Labute approximate surface area is 105 Å². The van der Waals surface area contributed by atoms with Crippen molar-refractivity contribution < 1.29 is 5.21 Å². The standard InChI is InChI=1S/C11H15ClN2OS/c1-13-5-3-2-4-9(13)10-6-8(16)7-11(12)14(10)15/h6-7,9,15H,2-5H2,1H3. The summed E-state index contributed by atoms with van der Waals surface area (Å²) in [4.78, 5) is 2.23. The maximum Gasteiger partial charge on any atom is 0.147 e. The summed E-state index contributed by atoms with van der Waals surface area (Å²) in [6, 6.07) is 3.62. The molecule has 0 radical (unpaired) electrons. The van der Waals surface area contributed by atoms with E-state index >= 15 is 0 Å². The maximum atomic E-state index is 9.90. The average molecular weight is 259 g/mol. The summed E-state index contributed by atoms with van der Waals surface area (Å²) in [5.74, 6) is 0. The number of aromatic nitrogens is 1. The molecule has 2 heterocycles. The molecule has 1 aromatic rings. The van der Waals surface area contributed by atoms with Crippen molar-refractivity contribution in [3.05, 3.63) is 27.5 Å². The maximum absolute atomic E-state index is 9.90. The topological polar surface area (TPSA) is 28.4 Å². The van der Waals surface area contributed by atoms with Crippen LogP contribution in [0.5, 0.6) is 0 Å². The van der Waals surface area contributed by atoms with Gasteiger partial charge in [-0.15, -0.1) is 0 Å². The van der Waals surface area contributed by atoms with Gasteiger partial charge in [-0.2, -0.15) is 4.73 Å². The van der Waals surface area contributed by atoms with E-state index in [2.05, 4.69) is 11.9 Å². The van der Waals surface area contributed by atoms with Crippen LogP contribution in [0.3, 0.4) is 0 Å². The minimum atomic E-state index is 0.208. The van der Waals surface area contributed by atoms with Gasteiger partial charge >= 0.3 is 0 Å². The van der Waals surface area contributed by atoms with Crippen molar-refractivity contribution in [3.63, 3.8) is 0 Å². The minimum absolute atomic E-state index is 0.208. The lowest BCUT2D eigenvalue weighted by Crippen LogP contribution is -2.31. The Hall–Kier alpha value is -0.580. The van der Waals surface area contributed by atoms with Crippen LogP contribution in [0.25, 0.3) is 0 Å². The minimum Gasteiger partial charge on any atom is -0.427 e. The van der Waals surface area contributed by atoms with Gasteiger partial charge in [0.1, 0.15) is 5.15 Å². The summed E-state index contributed by atoms with van der Waals surface area (Å²) in [7, 11) is 2.06. The Morgan fingerprint density at radius 2 is 2.19 bits per heavy atom. The zero-order chi connectivity index (χ0) is 11.7. The second-order valence-electron chi connectivity index (χ2n) is 4.24. The molecule has 0 aliphatic carbocycles. The Bertz CT molecular complexity index is 446. The number of nitrogens with zero attached hydrogens (tertiary/aromatic N) is 2. The van der Waals surface area contributed by atoms with Crippen molar-refractivity contribution >= 4 is 23.8 Å². The third-order valence-electron chi connectivity index (χ3n) is 3.11. The fraction of sp³-hybridized carbons (Fsp3) is 0.545. The second-order valence-corrected chi connectivity index (χ2v) is 5.10. The summed E-state index contributed by atoms with van der Waals surface area (Å²) in [6.45, 7) is 1.05. The molecule has 0 saturated carbocycles. The van der Waals surface area contributed by atoms with Gasteiger partial charge in [-0.3, -0.25) is 4.90 Å². The van der Waals surface area contributed by atoms with Crippen molar-refractivity contribution in [3.8, 4) is 0 Å². The fourth-order valence-corrected chi connectivity index (χ4v) is 2.75. The zero-order valence-corrected chi connectivity index (χ0v) is 10.8. The number of rotatable bonds is 1. The largest absolute Gasteiger partial charge is 0.427 e. The number of pyridine rings is 1. The van der Waals surface area contributed by atoms with E-state index in [0.29, 0.717) is 4.51 Å². The number of hydrogen-bond donors (Lipinski definition) is 1. The molecule has 1 aliphatic heterocycles.